The lowest BCUT2D eigenvalue weighted by Gasteiger charge is -2.08. The average molecular weight is 342 g/mol. The van der Waals surface area contributed by atoms with E-state index in [2.05, 4.69) is 10.3 Å². The topological polar surface area (TPSA) is 111 Å². The first-order chi connectivity index (χ1) is 11.5. The number of anilines is 2. The largest absolute Gasteiger partial charge is 0.350 e. The summed E-state index contributed by atoms with van der Waals surface area (Å²) in [5.74, 6) is 0. The van der Waals surface area contributed by atoms with Gasteiger partial charge < -0.3 is 5.32 Å². The SMILES string of the molecule is O=[N+]([O-])c1ccc(Nc2cccc(-c3nccs3)c2)c([N+](=O)[O-])c1. The van der Waals surface area contributed by atoms with Gasteiger partial charge in [0.25, 0.3) is 11.4 Å². The molecule has 0 aliphatic heterocycles. The molecule has 1 N–H and O–H groups in total. The van der Waals surface area contributed by atoms with Gasteiger partial charge in [-0.1, -0.05) is 12.1 Å². The number of hydrogen-bond acceptors (Lipinski definition) is 7. The Bertz CT molecular complexity index is 912. The van der Waals surface area contributed by atoms with Crippen molar-refractivity contribution in [2.45, 2.75) is 0 Å². The zero-order valence-corrected chi connectivity index (χ0v) is 12.9. The molecule has 1 heterocycles. The van der Waals surface area contributed by atoms with Crippen molar-refractivity contribution in [1.29, 1.82) is 0 Å². The average Bonchev–Trinajstić information content (AvgIpc) is 3.09. The molecule has 0 radical (unpaired) electrons. The van der Waals surface area contributed by atoms with E-state index in [0.717, 1.165) is 16.6 Å². The van der Waals surface area contributed by atoms with Crippen LogP contribution in [-0.2, 0) is 0 Å². The van der Waals surface area contributed by atoms with Crippen LogP contribution in [0.5, 0.6) is 0 Å². The molecule has 24 heavy (non-hydrogen) atoms. The molecule has 0 bridgehead atoms. The molecule has 0 atom stereocenters. The first kappa shape index (κ1) is 15.6. The molecule has 8 nitrogen and oxygen atoms in total. The second kappa shape index (κ2) is 6.42. The Kier molecular flexibility index (Phi) is 4.17. The molecule has 9 heteroatoms. The van der Waals surface area contributed by atoms with Gasteiger partial charge in [0, 0.05) is 28.9 Å². The third-order valence-electron chi connectivity index (χ3n) is 3.21. The minimum absolute atomic E-state index is 0.182. The fourth-order valence-corrected chi connectivity index (χ4v) is 2.78. The standard InChI is InChI=1S/C15H10N4O4S/c20-18(21)12-4-5-13(14(9-12)19(22)23)17-11-3-1-2-10(8-11)15-16-6-7-24-15/h1-9,17H. The maximum absolute atomic E-state index is 11.2. The predicted octanol–water partition coefficient (Wildman–Crippen LogP) is 4.37. The summed E-state index contributed by atoms with van der Waals surface area (Å²) in [6, 6.07) is 10.7. The number of non-ortho nitro benzene ring substituents is 1. The second-order valence-electron chi connectivity index (χ2n) is 4.76. The van der Waals surface area contributed by atoms with Gasteiger partial charge in [-0.2, -0.15) is 0 Å². The highest BCUT2D eigenvalue weighted by Crippen LogP contribution is 2.32. The highest BCUT2D eigenvalue weighted by molar-refractivity contribution is 7.13. The lowest BCUT2D eigenvalue weighted by atomic mass is 10.2. The summed E-state index contributed by atoms with van der Waals surface area (Å²) in [6.45, 7) is 0. The molecule has 1 aromatic heterocycles. The van der Waals surface area contributed by atoms with Gasteiger partial charge in [-0.05, 0) is 18.2 Å². The Morgan fingerprint density at radius 1 is 1.04 bits per heavy atom. The summed E-state index contributed by atoms with van der Waals surface area (Å²) in [4.78, 5) is 24.9. The van der Waals surface area contributed by atoms with Crippen molar-refractivity contribution < 1.29 is 9.85 Å². The van der Waals surface area contributed by atoms with E-state index >= 15 is 0 Å². The van der Waals surface area contributed by atoms with Crippen molar-refractivity contribution in [3.63, 3.8) is 0 Å². The van der Waals surface area contributed by atoms with E-state index in [1.807, 2.05) is 17.5 Å². The van der Waals surface area contributed by atoms with Crippen LogP contribution in [0.15, 0.2) is 54.0 Å². The normalized spacial score (nSPS) is 10.3. The zero-order valence-electron chi connectivity index (χ0n) is 12.1. The first-order valence-electron chi connectivity index (χ1n) is 6.74. The minimum atomic E-state index is -0.667. The number of benzene rings is 2. The Labute approximate surface area is 139 Å². The van der Waals surface area contributed by atoms with Crippen molar-refractivity contribution in [3.05, 3.63) is 74.3 Å². The van der Waals surface area contributed by atoms with Crippen molar-refractivity contribution in [2.24, 2.45) is 0 Å². The quantitative estimate of drug-likeness (QED) is 0.544. The molecule has 0 fully saturated rings. The fourth-order valence-electron chi connectivity index (χ4n) is 2.14. The van der Waals surface area contributed by atoms with Crippen LogP contribution in [0.3, 0.4) is 0 Å². The van der Waals surface area contributed by atoms with Crippen molar-refractivity contribution in [2.75, 3.05) is 5.32 Å². The van der Waals surface area contributed by atoms with Crippen LogP contribution in [0.1, 0.15) is 0 Å². The lowest BCUT2D eigenvalue weighted by molar-refractivity contribution is -0.393. The summed E-state index contributed by atoms with van der Waals surface area (Å²) < 4.78 is 0. The Hall–Kier alpha value is -3.33. The monoisotopic (exact) mass is 342 g/mol. The Morgan fingerprint density at radius 3 is 2.54 bits per heavy atom. The molecule has 0 spiro atoms. The summed E-state index contributed by atoms with van der Waals surface area (Å²) >= 11 is 1.48. The number of rotatable bonds is 5. The van der Waals surface area contributed by atoms with Crippen molar-refractivity contribution in [3.8, 4) is 10.6 Å². The number of nitrogens with one attached hydrogen (secondary N) is 1. The highest BCUT2D eigenvalue weighted by atomic mass is 32.1. The molecule has 3 aromatic rings. The molecule has 0 saturated heterocycles. The molecule has 0 aliphatic rings. The van der Waals surface area contributed by atoms with E-state index in [0.29, 0.717) is 5.69 Å². The molecule has 3 rings (SSSR count). The van der Waals surface area contributed by atoms with Gasteiger partial charge in [-0.3, -0.25) is 20.2 Å². The maximum atomic E-state index is 11.2. The molecule has 0 unspecified atom stereocenters. The second-order valence-corrected chi connectivity index (χ2v) is 5.65. The highest BCUT2D eigenvalue weighted by Gasteiger charge is 2.19. The Balaban J connectivity index is 1.95. The van der Waals surface area contributed by atoms with Crippen LogP contribution in [0, 0.1) is 20.2 Å². The third kappa shape index (κ3) is 3.20. The first-order valence-corrected chi connectivity index (χ1v) is 7.62. The molecule has 0 aliphatic carbocycles. The number of thiazole rings is 1. The number of nitro groups is 2. The molecular formula is C15H10N4O4S. The summed E-state index contributed by atoms with van der Waals surface area (Å²) in [6.07, 6.45) is 1.70. The minimum Gasteiger partial charge on any atom is -0.350 e. The van der Waals surface area contributed by atoms with Gasteiger partial charge in [-0.25, -0.2) is 4.98 Å². The third-order valence-corrected chi connectivity index (χ3v) is 4.03. The lowest BCUT2D eigenvalue weighted by Crippen LogP contribution is -1.99. The van der Waals surface area contributed by atoms with Gasteiger partial charge in [0.05, 0.1) is 15.9 Å². The number of aromatic nitrogens is 1. The van der Waals surface area contributed by atoms with Crippen LogP contribution in [0.25, 0.3) is 10.6 Å². The molecule has 0 saturated carbocycles. The van der Waals surface area contributed by atoms with Gasteiger partial charge >= 0.3 is 0 Å². The summed E-state index contributed by atoms with van der Waals surface area (Å²) in [5.41, 5.74) is 0.994. The van der Waals surface area contributed by atoms with E-state index in [1.165, 1.54) is 23.5 Å². The van der Waals surface area contributed by atoms with E-state index in [-0.39, 0.29) is 17.1 Å². The number of nitro benzene ring substituents is 2. The van der Waals surface area contributed by atoms with Crippen LogP contribution in [0.2, 0.25) is 0 Å². The van der Waals surface area contributed by atoms with Crippen LogP contribution in [0.4, 0.5) is 22.7 Å². The summed E-state index contributed by atoms with van der Waals surface area (Å²) in [5, 5.41) is 27.6. The molecular weight excluding hydrogens is 332 g/mol. The Morgan fingerprint density at radius 2 is 1.88 bits per heavy atom. The number of hydrogen-bond donors (Lipinski definition) is 1. The fraction of sp³-hybridized carbons (Fsp3) is 0. The molecule has 120 valence electrons. The van der Waals surface area contributed by atoms with E-state index in [9.17, 15) is 20.2 Å². The van der Waals surface area contributed by atoms with E-state index in [1.54, 1.807) is 18.3 Å². The van der Waals surface area contributed by atoms with E-state index < -0.39 is 9.85 Å². The van der Waals surface area contributed by atoms with E-state index in [4.69, 9.17) is 0 Å². The predicted molar refractivity (Wildman–Crippen MR) is 90.6 cm³/mol. The maximum Gasteiger partial charge on any atom is 0.299 e. The van der Waals surface area contributed by atoms with Gasteiger partial charge in [0.2, 0.25) is 0 Å². The van der Waals surface area contributed by atoms with Crippen LogP contribution >= 0.6 is 11.3 Å². The molecule has 2 aromatic carbocycles. The zero-order chi connectivity index (χ0) is 17.1. The summed E-state index contributed by atoms with van der Waals surface area (Å²) in [7, 11) is 0. The van der Waals surface area contributed by atoms with Gasteiger partial charge in [0.1, 0.15) is 10.7 Å². The van der Waals surface area contributed by atoms with Gasteiger partial charge in [0.15, 0.2) is 0 Å². The van der Waals surface area contributed by atoms with Crippen molar-refractivity contribution in [1.82, 2.24) is 4.98 Å². The number of nitrogens with zero attached hydrogens (tertiary/aromatic N) is 3. The van der Waals surface area contributed by atoms with Gasteiger partial charge in [-0.15, -0.1) is 11.3 Å². The van der Waals surface area contributed by atoms with Crippen LogP contribution < -0.4 is 5.32 Å². The smallest absolute Gasteiger partial charge is 0.299 e. The van der Waals surface area contributed by atoms with Crippen molar-refractivity contribution >= 4 is 34.1 Å². The van der Waals surface area contributed by atoms with Crippen LogP contribution in [-0.4, -0.2) is 14.8 Å². The molecule has 0 amide bonds.